The molecule has 6 nitrogen and oxygen atoms in total. The third kappa shape index (κ3) is 5.97. The SMILES string of the molecule is CCCCNC(=O)C(CC)N(Cc1ccc(Cl)cc1Cl)C(=O)CCCN1C(=O)c2cccc3cccc1c23. The van der Waals surface area contributed by atoms with E-state index in [0.29, 0.717) is 41.5 Å². The predicted molar refractivity (Wildman–Crippen MR) is 154 cm³/mol. The van der Waals surface area contributed by atoms with Crippen molar-refractivity contribution in [3.63, 3.8) is 0 Å². The van der Waals surface area contributed by atoms with E-state index in [1.165, 1.54) is 0 Å². The smallest absolute Gasteiger partial charge is 0.258 e. The van der Waals surface area contributed by atoms with Crippen molar-refractivity contribution in [2.24, 2.45) is 0 Å². The number of hydrogen-bond acceptors (Lipinski definition) is 3. The summed E-state index contributed by atoms with van der Waals surface area (Å²) in [6, 6.07) is 16.1. The Morgan fingerprint density at radius 3 is 2.50 bits per heavy atom. The molecule has 1 atom stereocenters. The Morgan fingerprint density at radius 1 is 1.03 bits per heavy atom. The minimum absolute atomic E-state index is 0.0456. The lowest BCUT2D eigenvalue weighted by molar-refractivity contribution is -0.141. The Bertz CT molecular complexity index is 1340. The normalized spacial score (nSPS) is 13.2. The highest BCUT2D eigenvalue weighted by atomic mass is 35.5. The van der Waals surface area contributed by atoms with Crippen LogP contribution in [-0.4, -0.2) is 41.8 Å². The Balaban J connectivity index is 1.49. The van der Waals surface area contributed by atoms with E-state index in [1.807, 2.05) is 43.3 Å². The highest BCUT2D eigenvalue weighted by molar-refractivity contribution is 6.35. The van der Waals surface area contributed by atoms with E-state index >= 15 is 0 Å². The maximum absolute atomic E-state index is 13.6. The fourth-order valence-corrected chi connectivity index (χ4v) is 5.46. The topological polar surface area (TPSA) is 69.7 Å². The largest absolute Gasteiger partial charge is 0.354 e. The first-order valence-corrected chi connectivity index (χ1v) is 14.0. The molecule has 0 fully saturated rings. The second-order valence-corrected chi connectivity index (χ2v) is 10.4. The van der Waals surface area contributed by atoms with Gasteiger partial charge < -0.3 is 15.1 Å². The van der Waals surface area contributed by atoms with Gasteiger partial charge >= 0.3 is 0 Å². The third-order valence-electron chi connectivity index (χ3n) is 6.99. The number of carbonyl (C=O) groups excluding carboxylic acids is 3. The molecule has 0 aromatic heterocycles. The first kappa shape index (κ1) is 27.9. The first-order valence-electron chi connectivity index (χ1n) is 13.2. The number of amides is 3. The Hall–Kier alpha value is -3.09. The maximum Gasteiger partial charge on any atom is 0.258 e. The van der Waals surface area contributed by atoms with Gasteiger partial charge in [0.2, 0.25) is 11.8 Å². The molecule has 38 heavy (non-hydrogen) atoms. The molecular weight excluding hydrogens is 521 g/mol. The molecule has 1 N–H and O–H groups in total. The van der Waals surface area contributed by atoms with E-state index in [-0.39, 0.29) is 30.7 Å². The van der Waals surface area contributed by atoms with Gasteiger partial charge in [-0.3, -0.25) is 14.4 Å². The van der Waals surface area contributed by atoms with Crippen LogP contribution < -0.4 is 10.2 Å². The average Bonchev–Trinajstić information content (AvgIpc) is 3.18. The van der Waals surface area contributed by atoms with Crippen molar-refractivity contribution in [3.05, 3.63) is 75.8 Å². The number of nitrogens with one attached hydrogen (secondary N) is 1. The molecule has 0 bridgehead atoms. The Labute approximate surface area is 233 Å². The lowest BCUT2D eigenvalue weighted by Crippen LogP contribution is -2.49. The summed E-state index contributed by atoms with van der Waals surface area (Å²) in [7, 11) is 0. The van der Waals surface area contributed by atoms with Crippen LogP contribution in [0.2, 0.25) is 10.0 Å². The van der Waals surface area contributed by atoms with Gasteiger partial charge in [0, 0.05) is 47.1 Å². The number of hydrogen-bond donors (Lipinski definition) is 1. The molecule has 0 aliphatic carbocycles. The Kier molecular flexibility index (Phi) is 9.29. The quantitative estimate of drug-likeness (QED) is 0.256. The van der Waals surface area contributed by atoms with Gasteiger partial charge in [0.1, 0.15) is 6.04 Å². The lowest BCUT2D eigenvalue weighted by atomic mass is 10.1. The molecule has 0 saturated carbocycles. The second kappa shape index (κ2) is 12.6. The number of halogens is 2. The average molecular weight is 555 g/mol. The van der Waals surface area contributed by atoms with E-state index in [0.717, 1.165) is 34.9 Å². The van der Waals surface area contributed by atoms with Crippen molar-refractivity contribution in [1.29, 1.82) is 0 Å². The van der Waals surface area contributed by atoms with Crippen molar-refractivity contribution in [2.45, 2.75) is 58.5 Å². The highest BCUT2D eigenvalue weighted by Gasteiger charge is 2.31. The molecule has 3 aromatic rings. The molecule has 1 unspecified atom stereocenters. The van der Waals surface area contributed by atoms with Crippen LogP contribution in [0.1, 0.15) is 61.9 Å². The number of rotatable bonds is 12. The van der Waals surface area contributed by atoms with Crippen LogP contribution in [0, 0.1) is 0 Å². The van der Waals surface area contributed by atoms with E-state index in [4.69, 9.17) is 23.2 Å². The minimum atomic E-state index is -0.627. The van der Waals surface area contributed by atoms with Crippen molar-refractivity contribution in [1.82, 2.24) is 10.2 Å². The van der Waals surface area contributed by atoms with Crippen LogP contribution in [0.25, 0.3) is 10.8 Å². The van der Waals surface area contributed by atoms with Crippen LogP contribution >= 0.6 is 23.2 Å². The summed E-state index contributed by atoms with van der Waals surface area (Å²) in [6.45, 7) is 5.13. The van der Waals surface area contributed by atoms with Gasteiger partial charge in [-0.1, -0.05) is 73.8 Å². The molecular formula is C30H33Cl2N3O3. The zero-order chi connectivity index (χ0) is 27.2. The molecule has 0 saturated heterocycles. The van der Waals surface area contributed by atoms with Gasteiger partial charge in [-0.2, -0.15) is 0 Å². The van der Waals surface area contributed by atoms with Gasteiger partial charge in [-0.15, -0.1) is 0 Å². The van der Waals surface area contributed by atoms with Crippen molar-refractivity contribution < 1.29 is 14.4 Å². The van der Waals surface area contributed by atoms with Crippen LogP contribution in [-0.2, 0) is 16.1 Å². The maximum atomic E-state index is 13.6. The Morgan fingerprint density at radius 2 is 1.79 bits per heavy atom. The van der Waals surface area contributed by atoms with Gasteiger partial charge in [-0.25, -0.2) is 0 Å². The van der Waals surface area contributed by atoms with E-state index < -0.39 is 6.04 Å². The summed E-state index contributed by atoms with van der Waals surface area (Å²) >= 11 is 12.5. The highest BCUT2D eigenvalue weighted by Crippen LogP contribution is 2.37. The summed E-state index contributed by atoms with van der Waals surface area (Å²) in [5.41, 5.74) is 2.29. The number of benzene rings is 3. The summed E-state index contributed by atoms with van der Waals surface area (Å²) in [6.07, 6.45) is 2.97. The van der Waals surface area contributed by atoms with Gasteiger partial charge in [-0.05, 0) is 54.5 Å². The van der Waals surface area contributed by atoms with Crippen LogP contribution in [0.4, 0.5) is 5.69 Å². The fourth-order valence-electron chi connectivity index (χ4n) is 4.99. The summed E-state index contributed by atoms with van der Waals surface area (Å²) in [5, 5.41) is 5.91. The van der Waals surface area contributed by atoms with E-state index in [2.05, 4.69) is 12.2 Å². The second-order valence-electron chi connectivity index (χ2n) is 9.57. The molecule has 3 amide bonds. The fraction of sp³-hybridized carbons (Fsp3) is 0.367. The van der Waals surface area contributed by atoms with Gasteiger partial charge in [0.25, 0.3) is 5.91 Å². The number of carbonyl (C=O) groups is 3. The molecule has 0 radical (unpaired) electrons. The minimum Gasteiger partial charge on any atom is -0.354 e. The van der Waals surface area contributed by atoms with Crippen molar-refractivity contribution >= 4 is 57.4 Å². The van der Waals surface area contributed by atoms with Crippen molar-refractivity contribution in [2.75, 3.05) is 18.0 Å². The summed E-state index contributed by atoms with van der Waals surface area (Å²) < 4.78 is 0. The number of nitrogens with zero attached hydrogens (tertiary/aromatic N) is 2. The standard InChI is InChI=1S/C30H33Cl2N3O3/c1-3-5-16-33-29(37)25(4-2)35(19-21-14-15-22(31)18-24(21)32)27(36)13-8-17-34-26-12-7-10-20-9-6-11-23(28(20)26)30(34)38/h6-7,9-12,14-15,18,25H,3-5,8,13,16-17,19H2,1-2H3,(H,33,37). The van der Waals surface area contributed by atoms with Crippen LogP contribution in [0.15, 0.2) is 54.6 Å². The van der Waals surface area contributed by atoms with E-state index in [1.54, 1.807) is 28.0 Å². The van der Waals surface area contributed by atoms with Gasteiger partial charge in [0.15, 0.2) is 0 Å². The van der Waals surface area contributed by atoms with E-state index in [9.17, 15) is 14.4 Å². The number of anilines is 1. The zero-order valence-electron chi connectivity index (χ0n) is 21.8. The van der Waals surface area contributed by atoms with Gasteiger partial charge in [0.05, 0.1) is 5.69 Å². The molecule has 3 aromatic carbocycles. The molecule has 8 heteroatoms. The first-order chi connectivity index (χ1) is 18.3. The van der Waals surface area contributed by atoms with Crippen LogP contribution in [0.3, 0.4) is 0 Å². The molecule has 0 spiro atoms. The third-order valence-corrected chi connectivity index (χ3v) is 7.58. The molecule has 1 aliphatic rings. The lowest BCUT2D eigenvalue weighted by Gasteiger charge is -2.31. The molecule has 1 aliphatic heterocycles. The molecule has 4 rings (SSSR count). The van der Waals surface area contributed by atoms with Crippen LogP contribution in [0.5, 0.6) is 0 Å². The summed E-state index contributed by atoms with van der Waals surface area (Å²) in [4.78, 5) is 43.1. The van der Waals surface area contributed by atoms with Crippen molar-refractivity contribution in [3.8, 4) is 0 Å². The monoisotopic (exact) mass is 553 g/mol. The molecule has 200 valence electrons. The predicted octanol–water partition coefficient (Wildman–Crippen LogP) is 6.61. The number of unbranched alkanes of at least 4 members (excludes halogenated alkanes) is 1. The molecule has 1 heterocycles. The zero-order valence-corrected chi connectivity index (χ0v) is 23.3. The summed E-state index contributed by atoms with van der Waals surface area (Å²) in [5.74, 6) is -0.372.